The normalized spacial score (nSPS) is 10.4. The average molecular weight is 371 g/mol. The zero-order valence-corrected chi connectivity index (χ0v) is 15.3. The second-order valence-corrected chi connectivity index (χ2v) is 6.93. The van der Waals surface area contributed by atoms with Crippen LogP contribution in [0.15, 0.2) is 59.1 Å². The predicted molar refractivity (Wildman–Crippen MR) is 102 cm³/mol. The van der Waals surface area contributed by atoms with E-state index in [1.165, 1.54) is 23.1 Å². The van der Waals surface area contributed by atoms with Gasteiger partial charge in [-0.3, -0.25) is 9.78 Å². The van der Waals surface area contributed by atoms with Crippen LogP contribution in [0.4, 0.5) is 5.13 Å². The molecule has 3 rings (SSSR count). The molecule has 128 valence electrons. The monoisotopic (exact) mass is 371 g/mol. The number of thiazole rings is 1. The molecule has 0 atom stereocenters. The fourth-order valence-electron chi connectivity index (χ4n) is 2.08. The lowest BCUT2D eigenvalue weighted by atomic mass is 10.2. The molecule has 0 aliphatic heterocycles. The van der Waals surface area contributed by atoms with Crippen LogP contribution in [0, 0.1) is 0 Å². The van der Waals surface area contributed by atoms with E-state index < -0.39 is 0 Å². The van der Waals surface area contributed by atoms with Crippen LogP contribution in [0.2, 0.25) is 0 Å². The molecule has 0 radical (unpaired) electrons. The summed E-state index contributed by atoms with van der Waals surface area (Å²) in [5.41, 5.74) is 1.75. The number of amides is 1. The van der Waals surface area contributed by atoms with E-state index in [1.807, 2.05) is 48.7 Å². The van der Waals surface area contributed by atoms with Gasteiger partial charge >= 0.3 is 0 Å². The van der Waals surface area contributed by atoms with Gasteiger partial charge in [0.1, 0.15) is 5.75 Å². The SMILES string of the molecule is CCOc1ccc(SCC(=O)Nc2nc(-c3cccnc3)cs2)cc1. The lowest BCUT2D eigenvalue weighted by Gasteiger charge is -2.05. The van der Waals surface area contributed by atoms with Gasteiger partial charge in [-0.2, -0.15) is 0 Å². The largest absolute Gasteiger partial charge is 0.494 e. The highest BCUT2D eigenvalue weighted by Crippen LogP contribution is 2.25. The summed E-state index contributed by atoms with van der Waals surface area (Å²) >= 11 is 2.88. The van der Waals surface area contributed by atoms with E-state index in [0.29, 0.717) is 17.5 Å². The minimum atomic E-state index is -0.0778. The molecule has 1 N–H and O–H groups in total. The summed E-state index contributed by atoms with van der Waals surface area (Å²) in [5, 5.41) is 5.34. The Morgan fingerprint density at radius 3 is 2.84 bits per heavy atom. The van der Waals surface area contributed by atoms with Crippen molar-refractivity contribution in [2.45, 2.75) is 11.8 Å². The number of nitrogens with one attached hydrogen (secondary N) is 1. The summed E-state index contributed by atoms with van der Waals surface area (Å²) in [7, 11) is 0. The molecule has 1 aromatic carbocycles. The number of carbonyl (C=O) groups excluding carboxylic acids is 1. The lowest BCUT2D eigenvalue weighted by molar-refractivity contribution is -0.113. The molecule has 0 saturated carbocycles. The van der Waals surface area contributed by atoms with Crippen molar-refractivity contribution >= 4 is 34.1 Å². The van der Waals surface area contributed by atoms with Crippen molar-refractivity contribution in [1.82, 2.24) is 9.97 Å². The summed E-state index contributed by atoms with van der Waals surface area (Å²) < 4.78 is 5.40. The summed E-state index contributed by atoms with van der Waals surface area (Å²) in [5.74, 6) is 1.09. The lowest BCUT2D eigenvalue weighted by Crippen LogP contribution is -2.13. The van der Waals surface area contributed by atoms with Crippen molar-refractivity contribution in [2.75, 3.05) is 17.7 Å². The maximum absolute atomic E-state index is 12.1. The fourth-order valence-corrected chi connectivity index (χ4v) is 3.52. The molecule has 2 aromatic heterocycles. The van der Waals surface area contributed by atoms with Crippen molar-refractivity contribution in [3.63, 3.8) is 0 Å². The Hall–Kier alpha value is -2.38. The molecule has 5 nitrogen and oxygen atoms in total. The van der Waals surface area contributed by atoms with Crippen LogP contribution < -0.4 is 10.1 Å². The third-order valence-electron chi connectivity index (χ3n) is 3.21. The first-order chi connectivity index (χ1) is 12.2. The number of pyridine rings is 1. The number of hydrogen-bond donors (Lipinski definition) is 1. The van der Waals surface area contributed by atoms with Crippen molar-refractivity contribution in [3.05, 3.63) is 54.2 Å². The van der Waals surface area contributed by atoms with Crippen LogP contribution in [-0.4, -0.2) is 28.2 Å². The Balaban J connectivity index is 1.52. The Kier molecular flexibility index (Phi) is 6.03. The Labute approximate surface area is 154 Å². The van der Waals surface area contributed by atoms with Gasteiger partial charge in [0.05, 0.1) is 18.1 Å². The number of carbonyl (C=O) groups is 1. The maximum Gasteiger partial charge on any atom is 0.236 e. The average Bonchev–Trinajstić information content (AvgIpc) is 3.11. The van der Waals surface area contributed by atoms with Crippen LogP contribution in [0.25, 0.3) is 11.3 Å². The van der Waals surface area contributed by atoms with E-state index in [1.54, 1.807) is 12.4 Å². The first-order valence-corrected chi connectivity index (χ1v) is 9.62. The number of rotatable bonds is 7. The summed E-state index contributed by atoms with van der Waals surface area (Å²) in [6, 6.07) is 11.5. The quantitative estimate of drug-likeness (QED) is 0.626. The van der Waals surface area contributed by atoms with Crippen LogP contribution in [0.1, 0.15) is 6.92 Å². The van der Waals surface area contributed by atoms with E-state index in [9.17, 15) is 4.79 Å². The molecule has 0 aliphatic carbocycles. The third-order valence-corrected chi connectivity index (χ3v) is 4.98. The number of anilines is 1. The van der Waals surface area contributed by atoms with Crippen molar-refractivity contribution < 1.29 is 9.53 Å². The number of aromatic nitrogens is 2. The summed E-state index contributed by atoms with van der Waals surface area (Å²) in [4.78, 5) is 21.6. The Morgan fingerprint density at radius 1 is 1.28 bits per heavy atom. The molecular formula is C18H17N3O2S2. The number of thioether (sulfide) groups is 1. The van der Waals surface area contributed by atoms with Crippen molar-refractivity contribution in [3.8, 4) is 17.0 Å². The van der Waals surface area contributed by atoms with Gasteiger partial charge in [0, 0.05) is 28.2 Å². The van der Waals surface area contributed by atoms with Gasteiger partial charge in [-0.15, -0.1) is 23.1 Å². The predicted octanol–water partition coefficient (Wildman–Crippen LogP) is 4.33. The van der Waals surface area contributed by atoms with Gasteiger partial charge in [0.15, 0.2) is 5.13 Å². The van der Waals surface area contributed by atoms with Gasteiger partial charge in [-0.05, 0) is 43.3 Å². The zero-order valence-electron chi connectivity index (χ0n) is 13.6. The van der Waals surface area contributed by atoms with Crippen LogP contribution in [-0.2, 0) is 4.79 Å². The first kappa shape index (κ1) is 17.4. The van der Waals surface area contributed by atoms with Gasteiger partial charge < -0.3 is 10.1 Å². The van der Waals surface area contributed by atoms with Crippen LogP contribution in [0.5, 0.6) is 5.75 Å². The molecule has 0 spiro atoms. The van der Waals surface area contributed by atoms with Gasteiger partial charge in [-0.1, -0.05) is 0 Å². The number of nitrogens with zero attached hydrogens (tertiary/aromatic N) is 2. The van der Waals surface area contributed by atoms with Crippen LogP contribution >= 0.6 is 23.1 Å². The fraction of sp³-hybridized carbons (Fsp3) is 0.167. The molecule has 3 aromatic rings. The third kappa shape index (κ3) is 5.04. The second kappa shape index (κ2) is 8.64. The summed E-state index contributed by atoms with van der Waals surface area (Å²) in [6.45, 7) is 2.59. The number of ether oxygens (including phenoxy) is 1. The maximum atomic E-state index is 12.1. The van der Waals surface area contributed by atoms with Crippen LogP contribution in [0.3, 0.4) is 0 Å². The van der Waals surface area contributed by atoms with Gasteiger partial charge in [0.2, 0.25) is 5.91 Å². The zero-order chi connectivity index (χ0) is 17.5. The van der Waals surface area contributed by atoms with E-state index in [2.05, 4.69) is 15.3 Å². The molecule has 0 fully saturated rings. The molecular weight excluding hydrogens is 354 g/mol. The first-order valence-electron chi connectivity index (χ1n) is 7.76. The van der Waals surface area contributed by atoms with E-state index in [4.69, 9.17) is 4.74 Å². The standard InChI is InChI=1S/C18H17N3O2S2/c1-2-23-14-5-7-15(8-6-14)24-12-17(22)21-18-20-16(11-25-18)13-4-3-9-19-10-13/h3-11H,2,12H2,1H3,(H,20,21,22). The molecule has 0 unspecified atom stereocenters. The Bertz CT molecular complexity index is 820. The highest BCUT2D eigenvalue weighted by atomic mass is 32.2. The topological polar surface area (TPSA) is 64.1 Å². The van der Waals surface area contributed by atoms with E-state index in [-0.39, 0.29) is 5.91 Å². The molecule has 0 bridgehead atoms. The van der Waals surface area contributed by atoms with Crippen molar-refractivity contribution in [1.29, 1.82) is 0 Å². The van der Waals surface area contributed by atoms with Crippen molar-refractivity contribution in [2.24, 2.45) is 0 Å². The minimum Gasteiger partial charge on any atom is -0.494 e. The summed E-state index contributed by atoms with van der Waals surface area (Å²) in [6.07, 6.45) is 3.47. The van der Waals surface area contributed by atoms with Gasteiger partial charge in [0.25, 0.3) is 0 Å². The molecule has 2 heterocycles. The number of benzene rings is 1. The molecule has 0 aliphatic rings. The van der Waals surface area contributed by atoms with Gasteiger partial charge in [-0.25, -0.2) is 4.98 Å². The highest BCUT2D eigenvalue weighted by molar-refractivity contribution is 8.00. The molecule has 0 saturated heterocycles. The smallest absolute Gasteiger partial charge is 0.236 e. The molecule has 25 heavy (non-hydrogen) atoms. The Morgan fingerprint density at radius 2 is 2.12 bits per heavy atom. The second-order valence-electron chi connectivity index (χ2n) is 5.02. The minimum absolute atomic E-state index is 0.0778. The van der Waals surface area contributed by atoms with E-state index >= 15 is 0 Å². The molecule has 1 amide bonds. The molecule has 7 heteroatoms. The highest BCUT2D eigenvalue weighted by Gasteiger charge is 2.09. The number of hydrogen-bond acceptors (Lipinski definition) is 6. The van der Waals surface area contributed by atoms with E-state index in [0.717, 1.165) is 21.9 Å².